The van der Waals surface area contributed by atoms with Crippen LogP contribution < -0.4 is 9.64 Å². The van der Waals surface area contributed by atoms with Crippen molar-refractivity contribution in [1.82, 2.24) is 4.90 Å². The molecule has 6 nitrogen and oxygen atoms in total. The molecule has 2 aliphatic carbocycles. The molecular weight excluding hydrogens is 404 g/mol. The summed E-state index contributed by atoms with van der Waals surface area (Å²) < 4.78 is 17.6. The smallest absolute Gasteiger partial charge is 0.310 e. The van der Waals surface area contributed by atoms with Crippen LogP contribution in [0.2, 0.25) is 0 Å². The van der Waals surface area contributed by atoms with E-state index in [0.29, 0.717) is 11.8 Å². The maximum atomic E-state index is 13.0. The van der Waals surface area contributed by atoms with Crippen LogP contribution in [0.1, 0.15) is 39.0 Å². The number of anilines is 1. The fourth-order valence-corrected chi connectivity index (χ4v) is 7.51. The number of ether oxygens (including phenoxy) is 3. The molecule has 6 atom stereocenters. The van der Waals surface area contributed by atoms with E-state index in [9.17, 15) is 4.79 Å². The van der Waals surface area contributed by atoms with E-state index in [-0.39, 0.29) is 29.0 Å². The normalized spacial score (nSPS) is 41.2. The van der Waals surface area contributed by atoms with Gasteiger partial charge in [0.1, 0.15) is 11.9 Å². The summed E-state index contributed by atoms with van der Waals surface area (Å²) in [5.74, 6) is 1.92. The van der Waals surface area contributed by atoms with E-state index in [4.69, 9.17) is 14.2 Å². The molecule has 32 heavy (non-hydrogen) atoms. The third-order valence-corrected chi connectivity index (χ3v) is 9.33. The van der Waals surface area contributed by atoms with Crippen molar-refractivity contribution in [3.05, 3.63) is 24.3 Å². The van der Waals surface area contributed by atoms with Gasteiger partial charge in [-0.05, 0) is 55.6 Å². The molecule has 3 heterocycles. The van der Waals surface area contributed by atoms with Crippen LogP contribution in [-0.4, -0.2) is 69.0 Å². The number of para-hydroxylation sites is 2. The lowest BCUT2D eigenvalue weighted by molar-refractivity contribution is -0.147. The quantitative estimate of drug-likeness (QED) is 0.529. The number of hydrogen-bond acceptors (Lipinski definition) is 6. The van der Waals surface area contributed by atoms with Gasteiger partial charge in [0.05, 0.1) is 30.9 Å². The first-order chi connectivity index (χ1) is 15.5. The summed E-state index contributed by atoms with van der Waals surface area (Å²) in [6.07, 6.45) is 5.93. The average Bonchev–Trinajstić information content (AvgIpc) is 3.51. The van der Waals surface area contributed by atoms with Crippen LogP contribution in [0.5, 0.6) is 5.75 Å². The molecule has 0 aromatic heterocycles. The van der Waals surface area contributed by atoms with E-state index in [1.54, 1.807) is 7.11 Å². The number of piperazine rings is 1. The van der Waals surface area contributed by atoms with Crippen molar-refractivity contribution < 1.29 is 19.0 Å². The minimum Gasteiger partial charge on any atom is -0.495 e. The molecule has 0 N–H and O–H groups in total. The maximum absolute atomic E-state index is 13.0. The first kappa shape index (κ1) is 20.8. The predicted octanol–water partition coefficient (Wildman–Crippen LogP) is 3.34. The molecular formula is C26H36N2O4. The minimum atomic E-state index is 0.0140. The van der Waals surface area contributed by atoms with Crippen molar-refractivity contribution in [3.8, 4) is 5.75 Å². The Labute approximate surface area is 191 Å². The standard InChI is InChI=1S/C26H36N2O4/c1-25-8-5-9-26(17-31-26)23(25)14-18-19(24(29)32-22(18)15-25)16-27-10-12-28(13-11-27)20-6-3-4-7-21(20)30-2/h3-4,6-7,18-19,22-23H,5,8-17H2,1-2H3/t18-,19+,22+,23+,25+,26-/m0/s1. The van der Waals surface area contributed by atoms with E-state index >= 15 is 0 Å². The SMILES string of the molecule is COc1ccccc1N1CCN(C[C@H]2C(=O)O[C@@H]3C[C@@]4(C)CCC[C@]5(CO5)[C@@H]4C[C@H]32)CC1. The number of epoxide rings is 1. The lowest BCUT2D eigenvalue weighted by Crippen LogP contribution is -2.52. The monoisotopic (exact) mass is 440 g/mol. The summed E-state index contributed by atoms with van der Waals surface area (Å²) in [6, 6.07) is 8.23. The highest BCUT2D eigenvalue weighted by molar-refractivity contribution is 5.75. The first-order valence-corrected chi connectivity index (χ1v) is 12.5. The summed E-state index contributed by atoms with van der Waals surface area (Å²) in [4.78, 5) is 17.8. The molecule has 0 unspecified atom stereocenters. The minimum absolute atomic E-state index is 0.0140. The second-order valence-corrected chi connectivity index (χ2v) is 11.1. The first-order valence-electron chi connectivity index (χ1n) is 12.5. The molecule has 1 aromatic rings. The summed E-state index contributed by atoms with van der Waals surface area (Å²) in [7, 11) is 1.73. The lowest BCUT2D eigenvalue weighted by atomic mass is 9.53. The van der Waals surface area contributed by atoms with Gasteiger partial charge in [-0.15, -0.1) is 0 Å². The zero-order valence-corrected chi connectivity index (χ0v) is 19.4. The Kier molecular flexibility index (Phi) is 4.95. The Morgan fingerprint density at radius 1 is 1.16 bits per heavy atom. The number of carbonyl (C=O) groups is 1. The number of nitrogens with zero attached hydrogens (tertiary/aromatic N) is 2. The molecule has 1 spiro atoms. The van der Waals surface area contributed by atoms with Crippen LogP contribution in [0.25, 0.3) is 0 Å². The Morgan fingerprint density at radius 2 is 1.94 bits per heavy atom. The van der Waals surface area contributed by atoms with E-state index in [2.05, 4.69) is 28.9 Å². The number of fused-ring (bicyclic) bond motifs is 3. The zero-order valence-electron chi connectivity index (χ0n) is 19.4. The summed E-state index contributed by atoms with van der Waals surface area (Å²) in [5.41, 5.74) is 1.55. The van der Waals surface area contributed by atoms with E-state index in [1.807, 2.05) is 12.1 Å². The molecule has 2 saturated carbocycles. The van der Waals surface area contributed by atoms with Gasteiger partial charge in [0, 0.05) is 38.6 Å². The largest absolute Gasteiger partial charge is 0.495 e. The van der Waals surface area contributed by atoms with Crippen LogP contribution in [0.3, 0.4) is 0 Å². The molecule has 6 rings (SSSR count). The fourth-order valence-electron chi connectivity index (χ4n) is 7.51. The summed E-state index contributed by atoms with van der Waals surface area (Å²) in [6.45, 7) is 8.02. The lowest BCUT2D eigenvalue weighted by Gasteiger charge is -2.51. The number of benzene rings is 1. The van der Waals surface area contributed by atoms with Crippen LogP contribution in [0.4, 0.5) is 5.69 Å². The second kappa shape index (κ2) is 7.63. The molecule has 6 heteroatoms. The molecule has 3 aliphatic heterocycles. The van der Waals surface area contributed by atoms with Gasteiger partial charge in [0.15, 0.2) is 0 Å². The van der Waals surface area contributed by atoms with Gasteiger partial charge in [0.25, 0.3) is 0 Å². The number of carbonyl (C=O) groups excluding carboxylic acids is 1. The highest BCUT2D eigenvalue weighted by Crippen LogP contribution is 2.62. The van der Waals surface area contributed by atoms with Gasteiger partial charge >= 0.3 is 5.97 Å². The van der Waals surface area contributed by atoms with E-state index < -0.39 is 0 Å². The molecule has 174 valence electrons. The summed E-state index contributed by atoms with van der Waals surface area (Å²) >= 11 is 0. The third kappa shape index (κ3) is 3.33. The molecule has 0 bridgehead atoms. The van der Waals surface area contributed by atoms with Crippen LogP contribution in [0, 0.1) is 23.2 Å². The average molecular weight is 441 g/mol. The molecule has 5 fully saturated rings. The number of esters is 1. The summed E-state index contributed by atoms with van der Waals surface area (Å²) in [5, 5.41) is 0. The van der Waals surface area contributed by atoms with Crippen LogP contribution in [-0.2, 0) is 14.3 Å². The van der Waals surface area contributed by atoms with Gasteiger partial charge in [-0.1, -0.05) is 19.1 Å². The topological polar surface area (TPSA) is 54.5 Å². The third-order valence-electron chi connectivity index (χ3n) is 9.33. The highest BCUT2D eigenvalue weighted by Gasteiger charge is 2.65. The Bertz CT molecular complexity index is 878. The maximum Gasteiger partial charge on any atom is 0.310 e. The van der Waals surface area contributed by atoms with Crippen molar-refractivity contribution in [3.63, 3.8) is 0 Å². The molecule has 5 aliphatic rings. The number of rotatable bonds is 4. The molecule has 3 saturated heterocycles. The zero-order chi connectivity index (χ0) is 21.9. The van der Waals surface area contributed by atoms with Gasteiger partial charge < -0.3 is 19.1 Å². The highest BCUT2D eigenvalue weighted by atomic mass is 16.6. The Balaban J connectivity index is 1.12. The Morgan fingerprint density at radius 3 is 2.69 bits per heavy atom. The second-order valence-electron chi connectivity index (χ2n) is 11.1. The van der Waals surface area contributed by atoms with Crippen molar-refractivity contribution in [2.45, 2.75) is 50.7 Å². The molecule has 1 aromatic carbocycles. The van der Waals surface area contributed by atoms with E-state index in [1.165, 1.54) is 19.3 Å². The van der Waals surface area contributed by atoms with Gasteiger partial charge in [0.2, 0.25) is 0 Å². The molecule has 0 radical (unpaired) electrons. The number of hydrogen-bond donors (Lipinski definition) is 0. The van der Waals surface area contributed by atoms with Crippen molar-refractivity contribution in [2.24, 2.45) is 23.2 Å². The van der Waals surface area contributed by atoms with Crippen LogP contribution >= 0.6 is 0 Å². The van der Waals surface area contributed by atoms with Crippen molar-refractivity contribution in [1.29, 1.82) is 0 Å². The van der Waals surface area contributed by atoms with Gasteiger partial charge in [-0.2, -0.15) is 0 Å². The predicted molar refractivity (Wildman–Crippen MR) is 122 cm³/mol. The van der Waals surface area contributed by atoms with Crippen molar-refractivity contribution >= 4 is 11.7 Å². The number of methoxy groups -OCH3 is 1. The van der Waals surface area contributed by atoms with Crippen LogP contribution in [0.15, 0.2) is 24.3 Å². The van der Waals surface area contributed by atoms with Gasteiger partial charge in [-0.25, -0.2) is 0 Å². The molecule has 0 amide bonds. The Hall–Kier alpha value is -1.79. The van der Waals surface area contributed by atoms with E-state index in [0.717, 1.165) is 63.6 Å². The van der Waals surface area contributed by atoms with Gasteiger partial charge in [-0.3, -0.25) is 9.69 Å². The fraction of sp³-hybridized carbons (Fsp3) is 0.731. The van der Waals surface area contributed by atoms with Crippen molar-refractivity contribution in [2.75, 3.05) is 51.3 Å².